The van der Waals surface area contributed by atoms with Gasteiger partial charge in [0.05, 0.1) is 24.4 Å². The van der Waals surface area contributed by atoms with E-state index in [2.05, 4.69) is 4.90 Å². The third kappa shape index (κ3) is 3.21. The lowest BCUT2D eigenvalue weighted by atomic mass is 10.2. The second kappa shape index (κ2) is 7.02. The number of hydrogen-bond donors (Lipinski definition) is 0. The van der Waals surface area contributed by atoms with E-state index in [4.69, 9.17) is 9.47 Å². The van der Waals surface area contributed by atoms with Crippen LogP contribution in [0.25, 0.3) is 0 Å². The molecule has 0 bridgehead atoms. The maximum Gasteiger partial charge on any atom is 0.249 e. The Kier molecular flexibility index (Phi) is 4.88. The van der Waals surface area contributed by atoms with Crippen molar-refractivity contribution in [3.63, 3.8) is 0 Å². The fourth-order valence-electron chi connectivity index (χ4n) is 4.16. The molecule has 1 saturated heterocycles. The van der Waals surface area contributed by atoms with Crippen LogP contribution in [0.3, 0.4) is 0 Å². The summed E-state index contributed by atoms with van der Waals surface area (Å²) in [6.07, 6.45) is 4.69. The van der Waals surface area contributed by atoms with E-state index < -0.39 is 10.0 Å². The lowest BCUT2D eigenvalue weighted by molar-refractivity contribution is 0.179. The van der Waals surface area contributed by atoms with Gasteiger partial charge in [-0.15, -0.1) is 0 Å². The van der Waals surface area contributed by atoms with Gasteiger partial charge in [-0.05, 0) is 51.2 Å². The van der Waals surface area contributed by atoms with Crippen LogP contribution in [0.4, 0.5) is 5.69 Å². The Morgan fingerprint density at radius 1 is 1.19 bits per heavy atom. The normalized spacial score (nSPS) is 28.9. The molecule has 0 radical (unpaired) electrons. The average molecular weight is 381 g/mol. The number of ether oxygens (including phenoxy) is 2. The van der Waals surface area contributed by atoms with E-state index in [1.165, 1.54) is 0 Å². The first-order valence-corrected chi connectivity index (χ1v) is 11.0. The van der Waals surface area contributed by atoms with E-state index in [-0.39, 0.29) is 18.2 Å². The SMILES string of the molecule is COC[C@H]1CCCN1c1cccc2c1S(=O)(=O)N(C1CC1)CC[C@@H](C)O2. The Labute approximate surface area is 156 Å². The summed E-state index contributed by atoms with van der Waals surface area (Å²) in [6, 6.07) is 5.98. The Morgan fingerprint density at radius 3 is 2.73 bits per heavy atom. The highest BCUT2D eigenvalue weighted by Gasteiger charge is 2.43. The Hall–Kier alpha value is -1.31. The highest BCUT2D eigenvalue weighted by Crippen LogP contribution is 2.43. The van der Waals surface area contributed by atoms with Crippen molar-refractivity contribution < 1.29 is 17.9 Å². The first kappa shape index (κ1) is 18.1. The van der Waals surface area contributed by atoms with Gasteiger partial charge in [0.2, 0.25) is 10.0 Å². The quantitative estimate of drug-likeness (QED) is 0.804. The smallest absolute Gasteiger partial charge is 0.249 e. The van der Waals surface area contributed by atoms with Crippen molar-refractivity contribution in [2.75, 3.05) is 31.7 Å². The van der Waals surface area contributed by atoms with Gasteiger partial charge in [0.25, 0.3) is 0 Å². The molecule has 0 spiro atoms. The summed E-state index contributed by atoms with van der Waals surface area (Å²) in [5, 5.41) is 0. The molecule has 4 rings (SSSR count). The lowest BCUT2D eigenvalue weighted by Crippen LogP contribution is -2.40. The second-order valence-corrected chi connectivity index (χ2v) is 9.44. The molecule has 6 nitrogen and oxygen atoms in total. The van der Waals surface area contributed by atoms with E-state index >= 15 is 0 Å². The van der Waals surface area contributed by atoms with E-state index in [0.29, 0.717) is 23.8 Å². The van der Waals surface area contributed by atoms with Crippen LogP contribution in [-0.2, 0) is 14.8 Å². The average Bonchev–Trinajstić information content (AvgIpc) is 3.31. The van der Waals surface area contributed by atoms with Gasteiger partial charge in [0.1, 0.15) is 10.6 Å². The van der Waals surface area contributed by atoms with Crippen LogP contribution in [0.1, 0.15) is 39.0 Å². The Morgan fingerprint density at radius 2 is 2.00 bits per heavy atom. The Balaban J connectivity index is 1.83. The van der Waals surface area contributed by atoms with Crippen LogP contribution in [-0.4, -0.2) is 57.7 Å². The summed E-state index contributed by atoms with van der Waals surface area (Å²) < 4.78 is 40.3. The molecule has 3 aliphatic rings. The molecule has 2 atom stereocenters. The van der Waals surface area contributed by atoms with Crippen LogP contribution < -0.4 is 9.64 Å². The standard InChI is InChI=1S/C19H28N2O4S/c1-14-10-12-21(15-8-9-15)26(22,23)19-17(6-3-7-18(19)25-14)20-11-4-5-16(20)13-24-2/h3,6-7,14-16H,4-5,8-13H2,1-2H3/t14-,16-/m1/s1. The minimum atomic E-state index is -3.58. The van der Waals surface area contributed by atoms with Crippen molar-refractivity contribution >= 4 is 15.7 Å². The highest BCUT2D eigenvalue weighted by atomic mass is 32.2. The van der Waals surface area contributed by atoms with Crippen molar-refractivity contribution in [3.05, 3.63) is 18.2 Å². The van der Waals surface area contributed by atoms with Gasteiger partial charge in [0, 0.05) is 26.2 Å². The van der Waals surface area contributed by atoms with E-state index in [1.807, 2.05) is 19.1 Å². The molecule has 0 amide bonds. The largest absolute Gasteiger partial charge is 0.489 e. The van der Waals surface area contributed by atoms with Gasteiger partial charge in [-0.3, -0.25) is 0 Å². The van der Waals surface area contributed by atoms with Gasteiger partial charge in [-0.25, -0.2) is 8.42 Å². The molecule has 2 aliphatic heterocycles. The molecule has 1 aromatic carbocycles. The van der Waals surface area contributed by atoms with Crippen LogP contribution in [0.2, 0.25) is 0 Å². The fraction of sp³-hybridized carbons (Fsp3) is 0.684. The van der Waals surface area contributed by atoms with Crippen LogP contribution in [0.5, 0.6) is 5.75 Å². The van der Waals surface area contributed by atoms with Crippen molar-refractivity contribution in [1.29, 1.82) is 0 Å². The second-order valence-electron chi connectivity index (χ2n) is 7.61. The molecule has 1 aliphatic carbocycles. The maximum absolute atomic E-state index is 13.6. The third-order valence-corrected chi connectivity index (χ3v) is 7.63. The predicted molar refractivity (Wildman–Crippen MR) is 100 cm³/mol. The van der Waals surface area contributed by atoms with Gasteiger partial charge >= 0.3 is 0 Å². The zero-order valence-corrected chi connectivity index (χ0v) is 16.4. The van der Waals surface area contributed by atoms with Gasteiger partial charge in [-0.1, -0.05) is 6.07 Å². The predicted octanol–water partition coefficient (Wildman–Crippen LogP) is 2.63. The molecule has 26 heavy (non-hydrogen) atoms. The summed E-state index contributed by atoms with van der Waals surface area (Å²) in [5.74, 6) is 0.489. The molecule has 0 aromatic heterocycles. The topological polar surface area (TPSA) is 59.1 Å². The fourth-order valence-corrected chi connectivity index (χ4v) is 6.17. The van der Waals surface area contributed by atoms with Crippen LogP contribution >= 0.6 is 0 Å². The minimum Gasteiger partial charge on any atom is -0.489 e. The summed E-state index contributed by atoms with van der Waals surface area (Å²) in [5.41, 5.74) is 0.766. The molecule has 1 aromatic rings. The number of rotatable bonds is 4. The first-order chi connectivity index (χ1) is 12.5. The number of nitrogens with zero attached hydrogens (tertiary/aromatic N) is 2. The zero-order chi connectivity index (χ0) is 18.3. The number of methoxy groups -OCH3 is 1. The molecule has 1 saturated carbocycles. The van der Waals surface area contributed by atoms with E-state index in [9.17, 15) is 8.42 Å². The van der Waals surface area contributed by atoms with Gasteiger partial charge in [-0.2, -0.15) is 4.31 Å². The summed E-state index contributed by atoms with van der Waals surface area (Å²) in [7, 11) is -1.89. The molecule has 2 heterocycles. The minimum absolute atomic E-state index is 0.00546. The number of hydrogen-bond acceptors (Lipinski definition) is 5. The monoisotopic (exact) mass is 380 g/mol. The van der Waals surface area contributed by atoms with Crippen molar-refractivity contribution in [1.82, 2.24) is 4.31 Å². The Bertz CT molecular complexity index is 763. The molecule has 2 fully saturated rings. The molecule has 0 N–H and O–H groups in total. The van der Waals surface area contributed by atoms with Gasteiger partial charge in [0.15, 0.2) is 0 Å². The van der Waals surface area contributed by atoms with Crippen molar-refractivity contribution in [2.24, 2.45) is 0 Å². The van der Waals surface area contributed by atoms with Crippen LogP contribution in [0, 0.1) is 0 Å². The highest BCUT2D eigenvalue weighted by molar-refractivity contribution is 7.89. The number of benzene rings is 1. The molecular weight excluding hydrogens is 352 g/mol. The number of fused-ring (bicyclic) bond motifs is 1. The van der Waals surface area contributed by atoms with Crippen molar-refractivity contribution in [2.45, 2.75) is 62.1 Å². The number of anilines is 1. The molecular formula is C19H28N2O4S. The summed E-state index contributed by atoms with van der Waals surface area (Å²) in [4.78, 5) is 2.54. The first-order valence-electron chi connectivity index (χ1n) is 9.59. The number of sulfonamides is 1. The summed E-state index contributed by atoms with van der Waals surface area (Å²) in [6.45, 7) is 4.00. The van der Waals surface area contributed by atoms with E-state index in [1.54, 1.807) is 17.5 Å². The van der Waals surface area contributed by atoms with Crippen molar-refractivity contribution in [3.8, 4) is 5.75 Å². The zero-order valence-electron chi connectivity index (χ0n) is 15.6. The maximum atomic E-state index is 13.6. The molecule has 144 valence electrons. The third-order valence-electron chi connectivity index (χ3n) is 5.61. The summed E-state index contributed by atoms with van der Waals surface area (Å²) >= 11 is 0. The van der Waals surface area contributed by atoms with Crippen LogP contribution in [0.15, 0.2) is 23.1 Å². The molecule has 7 heteroatoms. The van der Waals surface area contributed by atoms with Gasteiger partial charge < -0.3 is 14.4 Å². The molecule has 0 unspecified atom stereocenters. The van der Waals surface area contributed by atoms with E-state index in [0.717, 1.165) is 44.3 Å². The lowest BCUT2D eigenvalue weighted by Gasteiger charge is -2.33.